The lowest BCUT2D eigenvalue weighted by molar-refractivity contribution is -0.142. The van der Waals surface area contributed by atoms with Crippen molar-refractivity contribution in [3.63, 3.8) is 0 Å². The second-order valence-electron chi connectivity index (χ2n) is 6.44. The van der Waals surface area contributed by atoms with Gasteiger partial charge in [0.25, 0.3) is 11.8 Å². The number of thiophene rings is 1. The molecule has 1 saturated carbocycles. The third-order valence-corrected chi connectivity index (χ3v) is 5.19. The van der Waals surface area contributed by atoms with Crippen molar-refractivity contribution in [2.75, 3.05) is 11.9 Å². The van der Waals surface area contributed by atoms with Crippen LogP contribution in [0.4, 0.5) is 5.00 Å². The Balaban J connectivity index is 1.53. The van der Waals surface area contributed by atoms with Crippen LogP contribution in [0.1, 0.15) is 46.2 Å². The van der Waals surface area contributed by atoms with Gasteiger partial charge in [-0.25, -0.2) is 4.79 Å². The van der Waals surface area contributed by atoms with Gasteiger partial charge in [-0.15, -0.1) is 11.3 Å². The number of carbonyl (C=O) groups is 3. The van der Waals surface area contributed by atoms with Crippen molar-refractivity contribution >= 4 is 40.2 Å². The van der Waals surface area contributed by atoms with Gasteiger partial charge in [-0.1, -0.05) is 0 Å². The summed E-state index contributed by atoms with van der Waals surface area (Å²) < 4.78 is 7.24. The van der Waals surface area contributed by atoms with Crippen LogP contribution in [0, 0.1) is 13.8 Å². The molecule has 3 N–H and O–H groups in total. The number of nitrogens with two attached hydrogens (primary N) is 1. The maximum Gasteiger partial charge on any atom is 0.331 e. The van der Waals surface area contributed by atoms with E-state index in [1.807, 2.05) is 13.0 Å². The molecule has 0 aromatic carbocycles. The molecule has 27 heavy (non-hydrogen) atoms. The molecule has 1 aliphatic rings. The summed E-state index contributed by atoms with van der Waals surface area (Å²) in [4.78, 5) is 35.0. The Kier molecular flexibility index (Phi) is 5.46. The molecule has 0 spiro atoms. The Morgan fingerprint density at radius 1 is 1.37 bits per heavy atom. The highest BCUT2D eigenvalue weighted by Gasteiger charge is 2.26. The number of rotatable bonds is 7. The molecule has 0 aliphatic heterocycles. The number of aromatic nitrogens is 1. The molecule has 142 valence electrons. The van der Waals surface area contributed by atoms with Crippen LogP contribution in [0.2, 0.25) is 0 Å². The molecule has 0 unspecified atom stereocenters. The SMILES string of the molecule is Cc1cc(/C=C/C(=O)OCC(=O)Nc2sccc2C(N)=O)c(C)n1C1CC1. The molecule has 0 radical (unpaired) electrons. The van der Waals surface area contributed by atoms with Gasteiger partial charge in [0.05, 0.1) is 5.56 Å². The number of anilines is 1. The fourth-order valence-corrected chi connectivity index (χ4v) is 3.78. The number of hydrogen-bond donors (Lipinski definition) is 2. The average Bonchev–Trinajstić information content (AvgIpc) is 3.25. The molecule has 1 fully saturated rings. The first kappa shape index (κ1) is 18.9. The lowest BCUT2D eigenvalue weighted by atomic mass is 10.2. The number of esters is 1. The topological polar surface area (TPSA) is 103 Å². The summed E-state index contributed by atoms with van der Waals surface area (Å²) in [6.07, 6.45) is 5.40. The number of ether oxygens (including phenoxy) is 1. The van der Waals surface area contributed by atoms with Crippen molar-refractivity contribution in [3.05, 3.63) is 46.1 Å². The summed E-state index contributed by atoms with van der Waals surface area (Å²) in [6.45, 7) is 3.64. The van der Waals surface area contributed by atoms with Crippen molar-refractivity contribution in [3.8, 4) is 0 Å². The van der Waals surface area contributed by atoms with E-state index >= 15 is 0 Å². The number of hydrogen-bond acceptors (Lipinski definition) is 5. The fourth-order valence-electron chi connectivity index (χ4n) is 2.97. The third-order valence-electron chi connectivity index (χ3n) is 4.36. The Morgan fingerprint density at radius 3 is 2.78 bits per heavy atom. The van der Waals surface area contributed by atoms with Crippen molar-refractivity contribution in [2.24, 2.45) is 5.73 Å². The van der Waals surface area contributed by atoms with Crippen LogP contribution >= 0.6 is 11.3 Å². The van der Waals surface area contributed by atoms with Crippen LogP contribution in [0.15, 0.2) is 23.6 Å². The summed E-state index contributed by atoms with van der Waals surface area (Å²) in [5.74, 6) is -1.77. The lowest BCUT2D eigenvalue weighted by Crippen LogP contribution is -2.21. The first-order valence-corrected chi connectivity index (χ1v) is 9.45. The zero-order valence-electron chi connectivity index (χ0n) is 15.2. The first-order valence-electron chi connectivity index (χ1n) is 8.57. The van der Waals surface area contributed by atoms with Gasteiger partial charge < -0.3 is 20.4 Å². The fraction of sp³-hybridized carbons (Fsp3) is 0.316. The van der Waals surface area contributed by atoms with E-state index in [1.54, 1.807) is 11.5 Å². The molecule has 0 saturated heterocycles. The van der Waals surface area contributed by atoms with Gasteiger partial charge in [-0.3, -0.25) is 9.59 Å². The van der Waals surface area contributed by atoms with E-state index in [-0.39, 0.29) is 5.56 Å². The highest BCUT2D eigenvalue weighted by Crippen LogP contribution is 2.38. The standard InChI is InChI=1S/C19H21N3O4S/c1-11-9-13(12(2)22(11)14-4-5-14)3-6-17(24)26-10-16(23)21-19-15(18(20)25)7-8-27-19/h3,6-9,14H,4-5,10H2,1-2H3,(H2,20,25)(H,21,23)/b6-3+. The summed E-state index contributed by atoms with van der Waals surface area (Å²) in [6, 6.07) is 4.13. The number of nitrogens with zero attached hydrogens (tertiary/aromatic N) is 1. The number of primary amides is 1. The highest BCUT2D eigenvalue weighted by atomic mass is 32.1. The van der Waals surface area contributed by atoms with Gasteiger partial charge in [0.1, 0.15) is 5.00 Å². The summed E-state index contributed by atoms with van der Waals surface area (Å²) in [5, 5.41) is 4.50. The normalized spacial score (nSPS) is 13.7. The van der Waals surface area contributed by atoms with Crippen molar-refractivity contribution in [1.82, 2.24) is 4.57 Å². The summed E-state index contributed by atoms with van der Waals surface area (Å²) >= 11 is 1.17. The molecular formula is C19H21N3O4S. The number of nitrogens with one attached hydrogen (secondary N) is 1. The second-order valence-corrected chi connectivity index (χ2v) is 7.36. The van der Waals surface area contributed by atoms with Crippen molar-refractivity contribution in [1.29, 1.82) is 0 Å². The molecule has 2 amide bonds. The number of amides is 2. The predicted octanol–water partition coefficient (Wildman–Crippen LogP) is 2.80. The number of carbonyl (C=O) groups excluding carboxylic acids is 3. The van der Waals surface area contributed by atoms with E-state index in [1.165, 1.54) is 42.0 Å². The Morgan fingerprint density at radius 2 is 2.11 bits per heavy atom. The van der Waals surface area contributed by atoms with Crippen LogP contribution in [0.25, 0.3) is 6.08 Å². The van der Waals surface area contributed by atoms with E-state index in [0.717, 1.165) is 11.3 Å². The van der Waals surface area contributed by atoms with Gasteiger partial charge in [0.2, 0.25) is 0 Å². The van der Waals surface area contributed by atoms with Crippen LogP contribution < -0.4 is 11.1 Å². The minimum absolute atomic E-state index is 0.227. The molecule has 1 aliphatic carbocycles. The molecule has 8 heteroatoms. The summed E-state index contributed by atoms with van der Waals surface area (Å²) in [5.41, 5.74) is 8.70. The van der Waals surface area contributed by atoms with E-state index < -0.39 is 24.4 Å². The minimum Gasteiger partial charge on any atom is -0.452 e. The van der Waals surface area contributed by atoms with Gasteiger partial charge in [-0.2, -0.15) is 0 Å². The summed E-state index contributed by atoms with van der Waals surface area (Å²) in [7, 11) is 0. The second kappa shape index (κ2) is 7.79. The smallest absolute Gasteiger partial charge is 0.331 e. The van der Waals surface area contributed by atoms with Gasteiger partial charge in [0, 0.05) is 23.5 Å². The maximum atomic E-state index is 11.9. The highest BCUT2D eigenvalue weighted by molar-refractivity contribution is 7.14. The molecule has 2 aromatic rings. The zero-order valence-corrected chi connectivity index (χ0v) is 16.0. The monoisotopic (exact) mass is 387 g/mol. The maximum absolute atomic E-state index is 11.9. The van der Waals surface area contributed by atoms with E-state index in [2.05, 4.69) is 16.8 Å². The largest absolute Gasteiger partial charge is 0.452 e. The molecule has 2 heterocycles. The molecule has 2 aromatic heterocycles. The number of aryl methyl sites for hydroxylation is 1. The molecule has 3 rings (SSSR count). The van der Waals surface area contributed by atoms with Gasteiger partial charge in [0.15, 0.2) is 6.61 Å². The average molecular weight is 387 g/mol. The zero-order chi connectivity index (χ0) is 19.6. The molecule has 0 bridgehead atoms. The quantitative estimate of drug-likeness (QED) is 0.563. The van der Waals surface area contributed by atoms with E-state index in [9.17, 15) is 14.4 Å². The molecular weight excluding hydrogens is 366 g/mol. The van der Waals surface area contributed by atoms with Crippen LogP contribution in [-0.4, -0.2) is 29.0 Å². The van der Waals surface area contributed by atoms with E-state index in [4.69, 9.17) is 10.5 Å². The van der Waals surface area contributed by atoms with Crippen LogP contribution in [-0.2, 0) is 14.3 Å². The minimum atomic E-state index is -0.629. The van der Waals surface area contributed by atoms with Crippen molar-refractivity contribution < 1.29 is 19.1 Å². The Labute approximate surface area is 160 Å². The first-order chi connectivity index (χ1) is 12.9. The molecule has 7 nitrogen and oxygen atoms in total. The molecule has 0 atom stereocenters. The Hall–Kier alpha value is -2.87. The third kappa shape index (κ3) is 4.46. The van der Waals surface area contributed by atoms with Crippen molar-refractivity contribution in [2.45, 2.75) is 32.7 Å². The van der Waals surface area contributed by atoms with Gasteiger partial charge >= 0.3 is 5.97 Å². The lowest BCUT2D eigenvalue weighted by Gasteiger charge is -2.06. The Bertz CT molecular complexity index is 922. The van der Waals surface area contributed by atoms with Crippen LogP contribution in [0.3, 0.4) is 0 Å². The predicted molar refractivity (Wildman–Crippen MR) is 104 cm³/mol. The van der Waals surface area contributed by atoms with Crippen LogP contribution in [0.5, 0.6) is 0 Å². The van der Waals surface area contributed by atoms with E-state index in [0.29, 0.717) is 11.0 Å². The van der Waals surface area contributed by atoms with Gasteiger partial charge in [-0.05, 0) is 55.8 Å².